The highest BCUT2D eigenvalue weighted by Gasteiger charge is 2.20. The number of non-ortho nitro benzene ring substituents is 1. The molecule has 3 rings (SSSR count). The fourth-order valence-corrected chi connectivity index (χ4v) is 3.12. The number of fused-ring (bicyclic) bond motifs is 1. The minimum absolute atomic E-state index is 0.0532. The van der Waals surface area contributed by atoms with Crippen LogP contribution < -0.4 is 5.32 Å². The van der Waals surface area contributed by atoms with Gasteiger partial charge in [-0.2, -0.15) is 0 Å². The van der Waals surface area contributed by atoms with Crippen LogP contribution in [0.2, 0.25) is 0 Å². The maximum atomic E-state index is 12.9. The van der Waals surface area contributed by atoms with Gasteiger partial charge in [0.2, 0.25) is 5.95 Å². The van der Waals surface area contributed by atoms with E-state index in [0.717, 1.165) is 24.8 Å². The molecule has 0 aliphatic rings. The minimum Gasteiger partial charge on any atom is -0.465 e. The number of rotatable bonds is 9. The number of aryl methyl sites for hydroxylation is 1. The third kappa shape index (κ3) is 5.04. The topological polar surface area (TPSA) is 126 Å². The molecule has 10 heteroatoms. The van der Waals surface area contributed by atoms with Crippen LogP contribution in [-0.4, -0.2) is 46.7 Å². The van der Waals surface area contributed by atoms with Crippen molar-refractivity contribution >= 4 is 34.5 Å². The lowest BCUT2D eigenvalue weighted by Crippen LogP contribution is -2.17. The van der Waals surface area contributed by atoms with Gasteiger partial charge in [-0.15, -0.1) is 0 Å². The summed E-state index contributed by atoms with van der Waals surface area (Å²) in [6, 6.07) is 10.8. The van der Waals surface area contributed by atoms with E-state index in [1.165, 1.54) is 6.07 Å². The average molecular weight is 426 g/mol. The van der Waals surface area contributed by atoms with Crippen molar-refractivity contribution in [2.24, 2.45) is 0 Å². The Morgan fingerprint density at radius 2 is 1.94 bits per heavy atom. The van der Waals surface area contributed by atoms with E-state index in [2.05, 4.69) is 15.0 Å². The number of amides is 1. The third-order valence-corrected chi connectivity index (χ3v) is 4.57. The summed E-state index contributed by atoms with van der Waals surface area (Å²) in [4.78, 5) is 39.8. The second kappa shape index (κ2) is 9.81. The predicted octanol–water partition coefficient (Wildman–Crippen LogP) is 3.41. The number of imidazole rings is 1. The van der Waals surface area contributed by atoms with E-state index in [1.807, 2.05) is 35.8 Å². The molecule has 3 aromatic rings. The van der Waals surface area contributed by atoms with Crippen LogP contribution in [-0.2, 0) is 16.0 Å². The number of esters is 1. The molecule has 0 radical (unpaired) electrons. The zero-order valence-corrected chi connectivity index (χ0v) is 17.2. The number of carbonyl (C=O) groups is 2. The molecule has 0 bridgehead atoms. The lowest BCUT2D eigenvalue weighted by atomic mass is 10.1. The molecule has 1 heterocycles. The zero-order valence-electron chi connectivity index (χ0n) is 17.2. The Bertz CT molecular complexity index is 1120. The number of nitro groups is 1. The maximum Gasteiger partial charge on any atom is 0.338 e. The fourth-order valence-electron chi connectivity index (χ4n) is 3.12. The third-order valence-electron chi connectivity index (χ3n) is 4.57. The number of nitrogens with zero attached hydrogens (tertiary/aromatic N) is 3. The molecule has 1 aromatic heterocycles. The lowest BCUT2D eigenvalue weighted by Gasteiger charge is -2.11. The number of aromatic nitrogens is 2. The number of methoxy groups -OCH3 is 1. The second-order valence-corrected chi connectivity index (χ2v) is 6.60. The van der Waals surface area contributed by atoms with Crippen LogP contribution in [0.25, 0.3) is 11.0 Å². The van der Waals surface area contributed by atoms with Crippen LogP contribution >= 0.6 is 0 Å². The summed E-state index contributed by atoms with van der Waals surface area (Å²) in [5.74, 6) is -1.11. The minimum atomic E-state index is -0.777. The normalized spacial score (nSPS) is 10.8. The van der Waals surface area contributed by atoms with E-state index in [-0.39, 0.29) is 11.1 Å². The lowest BCUT2D eigenvalue weighted by molar-refractivity contribution is -0.384. The summed E-state index contributed by atoms with van der Waals surface area (Å²) in [5, 5.41) is 13.9. The van der Waals surface area contributed by atoms with Gasteiger partial charge in [-0.05, 0) is 31.5 Å². The summed E-state index contributed by atoms with van der Waals surface area (Å²) in [5.41, 5.74) is 1.000. The maximum absolute atomic E-state index is 12.9. The molecular formula is C21H22N4O6. The number of ether oxygens (including phenoxy) is 2. The van der Waals surface area contributed by atoms with Gasteiger partial charge in [-0.1, -0.05) is 12.1 Å². The standard InChI is InChI=1S/C21H22N4O6/c1-3-31-10-6-9-24-18-8-5-4-7-17(18)22-21(24)23-19(26)14-11-15(20(27)30-2)13-16(12-14)25(28)29/h4-5,7-8,11-13H,3,6,9-10H2,1-2H3,(H,22,23,26). The van der Waals surface area contributed by atoms with Crippen LogP contribution in [0.1, 0.15) is 34.1 Å². The first-order valence-corrected chi connectivity index (χ1v) is 9.66. The van der Waals surface area contributed by atoms with Crippen molar-refractivity contribution < 1.29 is 24.0 Å². The number of carbonyl (C=O) groups excluding carboxylic acids is 2. The number of hydrogen-bond donors (Lipinski definition) is 1. The number of benzene rings is 2. The van der Waals surface area contributed by atoms with Crippen LogP contribution in [0.5, 0.6) is 0 Å². The highest BCUT2D eigenvalue weighted by atomic mass is 16.6. The van der Waals surface area contributed by atoms with Crippen molar-refractivity contribution in [3.8, 4) is 0 Å². The van der Waals surface area contributed by atoms with E-state index in [4.69, 9.17) is 4.74 Å². The summed E-state index contributed by atoms with van der Waals surface area (Å²) in [7, 11) is 1.16. The van der Waals surface area contributed by atoms with Gasteiger partial charge in [0, 0.05) is 37.5 Å². The van der Waals surface area contributed by atoms with Gasteiger partial charge in [0.25, 0.3) is 11.6 Å². The number of para-hydroxylation sites is 2. The Morgan fingerprint density at radius 3 is 2.65 bits per heavy atom. The fraction of sp³-hybridized carbons (Fsp3) is 0.286. The van der Waals surface area contributed by atoms with Crippen LogP contribution in [0.3, 0.4) is 0 Å². The van der Waals surface area contributed by atoms with Crippen molar-refractivity contribution in [3.63, 3.8) is 0 Å². The van der Waals surface area contributed by atoms with E-state index in [0.29, 0.717) is 37.6 Å². The van der Waals surface area contributed by atoms with Gasteiger partial charge in [-0.3, -0.25) is 20.2 Å². The average Bonchev–Trinajstić information content (AvgIpc) is 3.12. The van der Waals surface area contributed by atoms with Crippen molar-refractivity contribution in [3.05, 3.63) is 63.7 Å². The van der Waals surface area contributed by atoms with Gasteiger partial charge >= 0.3 is 5.97 Å². The van der Waals surface area contributed by atoms with Crippen LogP contribution in [0, 0.1) is 10.1 Å². The monoisotopic (exact) mass is 426 g/mol. The van der Waals surface area contributed by atoms with Gasteiger partial charge in [-0.25, -0.2) is 9.78 Å². The number of nitro benzene ring substituents is 1. The van der Waals surface area contributed by atoms with Crippen molar-refractivity contribution in [2.45, 2.75) is 19.9 Å². The summed E-state index contributed by atoms with van der Waals surface area (Å²) < 4.78 is 11.9. The van der Waals surface area contributed by atoms with Gasteiger partial charge < -0.3 is 14.0 Å². The molecule has 0 aliphatic carbocycles. The zero-order chi connectivity index (χ0) is 22.4. The number of nitrogens with one attached hydrogen (secondary N) is 1. The summed E-state index contributed by atoms with van der Waals surface area (Å²) >= 11 is 0. The Kier molecular flexibility index (Phi) is 6.93. The first-order chi connectivity index (χ1) is 14.9. The SMILES string of the molecule is CCOCCCn1c(NC(=O)c2cc(C(=O)OC)cc([N+](=O)[O-])c2)nc2ccccc21. The molecule has 0 unspecified atom stereocenters. The van der Waals surface area contributed by atoms with E-state index in [9.17, 15) is 19.7 Å². The molecule has 31 heavy (non-hydrogen) atoms. The quantitative estimate of drug-likeness (QED) is 0.240. The summed E-state index contributed by atoms with van der Waals surface area (Å²) in [6.07, 6.45) is 0.709. The molecule has 2 aromatic carbocycles. The number of anilines is 1. The van der Waals surface area contributed by atoms with Gasteiger partial charge in [0.05, 0.1) is 28.6 Å². The second-order valence-electron chi connectivity index (χ2n) is 6.60. The first-order valence-electron chi connectivity index (χ1n) is 9.66. The molecule has 0 fully saturated rings. The molecule has 0 saturated heterocycles. The Labute approximate surface area is 177 Å². The largest absolute Gasteiger partial charge is 0.465 e. The Morgan fingerprint density at radius 1 is 1.19 bits per heavy atom. The molecule has 10 nitrogen and oxygen atoms in total. The van der Waals surface area contributed by atoms with Crippen molar-refractivity contribution in [1.82, 2.24) is 9.55 Å². The molecule has 0 atom stereocenters. The van der Waals surface area contributed by atoms with E-state index >= 15 is 0 Å². The summed E-state index contributed by atoms with van der Waals surface area (Å²) in [6.45, 7) is 3.64. The van der Waals surface area contributed by atoms with Crippen LogP contribution in [0.4, 0.5) is 11.6 Å². The molecule has 0 aliphatic heterocycles. The molecule has 162 valence electrons. The molecular weight excluding hydrogens is 404 g/mol. The van der Waals surface area contributed by atoms with Crippen molar-refractivity contribution in [2.75, 3.05) is 25.6 Å². The highest BCUT2D eigenvalue weighted by molar-refractivity contribution is 6.06. The molecule has 0 saturated carbocycles. The number of hydrogen-bond acceptors (Lipinski definition) is 7. The van der Waals surface area contributed by atoms with E-state index in [1.54, 1.807) is 0 Å². The van der Waals surface area contributed by atoms with Crippen molar-refractivity contribution in [1.29, 1.82) is 0 Å². The van der Waals surface area contributed by atoms with Gasteiger partial charge in [0.1, 0.15) is 0 Å². The molecule has 1 amide bonds. The van der Waals surface area contributed by atoms with E-state index < -0.39 is 22.5 Å². The first kappa shape index (κ1) is 21.9. The Hall–Kier alpha value is -3.79. The molecule has 1 N–H and O–H groups in total. The Balaban J connectivity index is 1.93. The van der Waals surface area contributed by atoms with Crippen LogP contribution in [0.15, 0.2) is 42.5 Å². The highest BCUT2D eigenvalue weighted by Crippen LogP contribution is 2.22. The van der Waals surface area contributed by atoms with Gasteiger partial charge in [0.15, 0.2) is 0 Å². The smallest absolute Gasteiger partial charge is 0.338 e. The predicted molar refractivity (Wildman–Crippen MR) is 113 cm³/mol. The molecule has 0 spiro atoms.